The number of aliphatic hydroxyl groups is 1. The van der Waals surface area contributed by atoms with Crippen LogP contribution in [0, 0.1) is 23.5 Å². The molecule has 1 amide bonds. The van der Waals surface area contributed by atoms with E-state index in [-0.39, 0.29) is 18.5 Å². The summed E-state index contributed by atoms with van der Waals surface area (Å²) < 4.78 is 26.5. The Labute approximate surface area is 119 Å². The molecule has 2 rings (SSSR count). The van der Waals surface area contributed by atoms with Crippen molar-refractivity contribution in [1.29, 1.82) is 0 Å². The summed E-state index contributed by atoms with van der Waals surface area (Å²) in [7, 11) is 0. The van der Waals surface area contributed by atoms with Crippen molar-refractivity contribution < 1.29 is 28.6 Å². The van der Waals surface area contributed by atoms with Gasteiger partial charge >= 0.3 is 5.97 Å². The smallest absolute Gasteiger partial charge is 0.307 e. The lowest BCUT2D eigenvalue weighted by Crippen LogP contribution is -2.40. The molecule has 0 aliphatic heterocycles. The van der Waals surface area contributed by atoms with Crippen LogP contribution in [0.5, 0.6) is 0 Å². The number of hydrogen-bond acceptors (Lipinski definition) is 3. The van der Waals surface area contributed by atoms with Gasteiger partial charge in [-0.05, 0) is 19.4 Å². The van der Waals surface area contributed by atoms with E-state index < -0.39 is 40.9 Å². The van der Waals surface area contributed by atoms with Crippen LogP contribution in [-0.2, 0) is 15.2 Å². The number of aliphatic carboxylic acids is 1. The zero-order chi connectivity index (χ0) is 15.8. The molecule has 1 aliphatic rings. The Balaban J connectivity index is 1.98. The van der Waals surface area contributed by atoms with E-state index in [0.29, 0.717) is 6.07 Å². The molecule has 0 heterocycles. The predicted molar refractivity (Wildman–Crippen MR) is 68.2 cm³/mol. The van der Waals surface area contributed by atoms with Gasteiger partial charge in [0.05, 0.1) is 18.4 Å². The summed E-state index contributed by atoms with van der Waals surface area (Å²) in [5.74, 6) is -4.52. The van der Waals surface area contributed by atoms with Crippen molar-refractivity contribution in [1.82, 2.24) is 5.32 Å². The summed E-state index contributed by atoms with van der Waals surface area (Å²) in [5.41, 5.74) is -1.86. The fourth-order valence-corrected chi connectivity index (χ4v) is 2.17. The number of carboxylic acid groups (broad SMARTS) is 1. The lowest BCUT2D eigenvalue weighted by Gasteiger charge is -2.24. The molecule has 1 aromatic rings. The van der Waals surface area contributed by atoms with Crippen molar-refractivity contribution in [3.05, 3.63) is 35.4 Å². The number of hydrogen-bond donors (Lipinski definition) is 3. The summed E-state index contributed by atoms with van der Waals surface area (Å²) in [6, 6.07) is 2.76. The Bertz CT molecular complexity index is 588. The van der Waals surface area contributed by atoms with E-state index in [1.54, 1.807) is 0 Å². The Hall–Kier alpha value is -2.02. The number of carbonyl (C=O) groups excluding carboxylic acids is 1. The van der Waals surface area contributed by atoms with Gasteiger partial charge in [-0.3, -0.25) is 9.59 Å². The van der Waals surface area contributed by atoms with E-state index >= 15 is 0 Å². The van der Waals surface area contributed by atoms with Gasteiger partial charge in [0.1, 0.15) is 17.2 Å². The van der Waals surface area contributed by atoms with E-state index in [2.05, 4.69) is 5.32 Å². The molecule has 1 aromatic carbocycles. The van der Waals surface area contributed by atoms with Gasteiger partial charge in [0.2, 0.25) is 5.91 Å². The highest BCUT2D eigenvalue weighted by molar-refractivity contribution is 5.89. The largest absolute Gasteiger partial charge is 0.481 e. The van der Waals surface area contributed by atoms with Crippen molar-refractivity contribution in [3.63, 3.8) is 0 Å². The molecule has 114 valence electrons. The number of nitrogens with one attached hydrogen (secondary N) is 1. The zero-order valence-electron chi connectivity index (χ0n) is 11.3. The number of benzene rings is 1. The van der Waals surface area contributed by atoms with Crippen LogP contribution in [0.3, 0.4) is 0 Å². The molecule has 1 aliphatic carbocycles. The molecular weight excluding hydrogens is 284 g/mol. The first-order valence-electron chi connectivity index (χ1n) is 6.41. The maximum Gasteiger partial charge on any atom is 0.307 e. The van der Waals surface area contributed by atoms with Crippen LogP contribution in [0.2, 0.25) is 0 Å². The van der Waals surface area contributed by atoms with E-state index in [4.69, 9.17) is 5.11 Å². The number of carboxylic acids is 1. The van der Waals surface area contributed by atoms with Crippen LogP contribution in [0.15, 0.2) is 18.2 Å². The van der Waals surface area contributed by atoms with Crippen LogP contribution in [0.1, 0.15) is 18.9 Å². The molecule has 1 saturated carbocycles. The van der Waals surface area contributed by atoms with Gasteiger partial charge < -0.3 is 15.5 Å². The molecule has 0 saturated heterocycles. The molecule has 3 atom stereocenters. The summed E-state index contributed by atoms with van der Waals surface area (Å²) in [4.78, 5) is 22.4. The molecule has 1 fully saturated rings. The van der Waals surface area contributed by atoms with Gasteiger partial charge in [0, 0.05) is 11.6 Å². The minimum absolute atomic E-state index is 0.144. The fraction of sp³-hybridized carbons (Fsp3) is 0.429. The van der Waals surface area contributed by atoms with Gasteiger partial charge in [-0.2, -0.15) is 0 Å². The summed E-state index contributed by atoms with van der Waals surface area (Å²) in [6.07, 6.45) is 0.258. The number of halogens is 2. The Kier molecular flexibility index (Phi) is 3.95. The minimum Gasteiger partial charge on any atom is -0.481 e. The third-order valence-corrected chi connectivity index (χ3v) is 3.56. The maximum absolute atomic E-state index is 13.6. The van der Waals surface area contributed by atoms with Crippen LogP contribution in [0.25, 0.3) is 0 Å². The fourth-order valence-electron chi connectivity index (χ4n) is 2.17. The topological polar surface area (TPSA) is 86.6 Å². The van der Waals surface area contributed by atoms with E-state index in [1.165, 1.54) is 6.92 Å². The highest BCUT2D eigenvalue weighted by Crippen LogP contribution is 2.38. The molecular formula is C14H15F2NO4. The molecule has 0 aromatic heterocycles. The van der Waals surface area contributed by atoms with Crippen LogP contribution >= 0.6 is 0 Å². The summed E-state index contributed by atoms with van der Waals surface area (Å²) >= 11 is 0. The van der Waals surface area contributed by atoms with Crippen LogP contribution in [-0.4, -0.2) is 28.6 Å². The molecule has 3 N–H and O–H groups in total. The highest BCUT2D eigenvalue weighted by Gasteiger charge is 2.48. The maximum atomic E-state index is 13.6. The van der Waals surface area contributed by atoms with Gasteiger partial charge in [0.15, 0.2) is 0 Å². The molecule has 0 spiro atoms. The van der Waals surface area contributed by atoms with Gasteiger partial charge in [-0.1, -0.05) is 6.07 Å². The quantitative estimate of drug-likeness (QED) is 0.757. The third-order valence-electron chi connectivity index (χ3n) is 3.56. The van der Waals surface area contributed by atoms with Crippen molar-refractivity contribution in [2.45, 2.75) is 18.9 Å². The van der Waals surface area contributed by atoms with E-state index in [1.807, 2.05) is 0 Å². The normalized spacial score (nSPS) is 23.2. The Morgan fingerprint density at radius 2 is 2.05 bits per heavy atom. The lowest BCUT2D eigenvalue weighted by molar-refractivity contribution is -0.140. The Morgan fingerprint density at radius 1 is 1.38 bits per heavy atom. The highest BCUT2D eigenvalue weighted by atomic mass is 19.1. The average Bonchev–Trinajstić information content (AvgIpc) is 3.15. The number of rotatable bonds is 5. The van der Waals surface area contributed by atoms with Crippen LogP contribution in [0.4, 0.5) is 8.78 Å². The molecule has 0 bridgehead atoms. The second-order valence-corrected chi connectivity index (χ2v) is 5.40. The van der Waals surface area contributed by atoms with Crippen LogP contribution < -0.4 is 5.32 Å². The standard InChI is InChI=1S/C14H15F2NO4/c1-14(21,10-3-2-7(15)4-11(10)16)6-17-12(18)8-5-9(8)13(19)20/h2-4,8-9,21H,5-6H2,1H3,(H,17,18)(H,19,20)/t8-,9+,14-/m0/s1. The number of amides is 1. The molecule has 7 heteroatoms. The van der Waals surface area contributed by atoms with Crippen molar-refractivity contribution in [3.8, 4) is 0 Å². The first-order valence-corrected chi connectivity index (χ1v) is 6.41. The first kappa shape index (κ1) is 15.4. The number of carbonyl (C=O) groups is 2. The monoisotopic (exact) mass is 299 g/mol. The van der Waals surface area contributed by atoms with E-state index in [9.17, 15) is 23.5 Å². The average molecular weight is 299 g/mol. The zero-order valence-corrected chi connectivity index (χ0v) is 11.3. The Morgan fingerprint density at radius 3 is 2.57 bits per heavy atom. The summed E-state index contributed by atoms with van der Waals surface area (Å²) in [6.45, 7) is 0.988. The predicted octanol–water partition coefficient (Wildman–Crippen LogP) is 1.01. The lowest BCUT2D eigenvalue weighted by atomic mass is 9.95. The minimum atomic E-state index is -1.72. The third kappa shape index (κ3) is 3.36. The van der Waals surface area contributed by atoms with Gasteiger partial charge in [0.25, 0.3) is 0 Å². The second kappa shape index (κ2) is 5.40. The SMILES string of the molecule is C[C@](O)(CNC(=O)[C@H]1C[C@H]1C(=O)O)c1ccc(F)cc1F. The molecule has 0 radical (unpaired) electrons. The van der Waals surface area contributed by atoms with Crippen molar-refractivity contribution >= 4 is 11.9 Å². The van der Waals surface area contributed by atoms with Gasteiger partial charge in [-0.15, -0.1) is 0 Å². The van der Waals surface area contributed by atoms with Crippen molar-refractivity contribution in [2.24, 2.45) is 11.8 Å². The second-order valence-electron chi connectivity index (χ2n) is 5.40. The molecule has 5 nitrogen and oxygen atoms in total. The summed E-state index contributed by atoms with van der Waals surface area (Å²) in [5, 5.41) is 21.3. The molecule has 21 heavy (non-hydrogen) atoms. The first-order chi connectivity index (χ1) is 9.72. The van der Waals surface area contributed by atoms with Crippen molar-refractivity contribution in [2.75, 3.05) is 6.54 Å². The van der Waals surface area contributed by atoms with Gasteiger partial charge in [-0.25, -0.2) is 8.78 Å². The van der Waals surface area contributed by atoms with E-state index in [0.717, 1.165) is 12.1 Å². The molecule has 0 unspecified atom stereocenters.